The van der Waals surface area contributed by atoms with Crippen molar-refractivity contribution >= 4 is 0 Å². The fourth-order valence-corrected chi connectivity index (χ4v) is 3.13. The lowest BCUT2D eigenvalue weighted by molar-refractivity contribution is -0.689. The van der Waals surface area contributed by atoms with E-state index in [9.17, 15) is 10.2 Å². The Morgan fingerprint density at radius 1 is 0.870 bits per heavy atom. The second-order valence-corrected chi connectivity index (χ2v) is 5.63. The van der Waals surface area contributed by atoms with Gasteiger partial charge >= 0.3 is 0 Å². The minimum absolute atomic E-state index is 0. The number of aryl methyl sites for hydroxylation is 1. The van der Waals surface area contributed by atoms with Gasteiger partial charge in [-0.05, 0) is 55.0 Å². The van der Waals surface area contributed by atoms with Crippen molar-refractivity contribution in [3.8, 4) is 28.4 Å². The normalized spacial score (nSPS) is 12.7. The molecule has 0 unspecified atom stereocenters. The monoisotopic (exact) mass is 372 g/mol. The predicted octanol–water partition coefficient (Wildman–Crippen LogP) is -0.207. The average molecular weight is 373 g/mol. The number of halogens is 1. The summed E-state index contributed by atoms with van der Waals surface area (Å²) in [7, 11) is 0. The van der Waals surface area contributed by atoms with Crippen molar-refractivity contribution in [3.05, 3.63) is 60.6 Å². The Hall–Kier alpha value is -2.27. The van der Waals surface area contributed by atoms with Gasteiger partial charge in [0.05, 0.1) is 13.0 Å². The molecule has 2 aromatic carbocycles. The molecule has 118 valence electrons. The Labute approximate surface area is 145 Å². The van der Waals surface area contributed by atoms with Crippen LogP contribution in [0.4, 0.5) is 0 Å². The first kappa shape index (κ1) is 15.6. The van der Waals surface area contributed by atoms with Gasteiger partial charge in [0.1, 0.15) is 23.4 Å². The van der Waals surface area contributed by atoms with Crippen LogP contribution in [0.3, 0.4) is 0 Å². The molecule has 0 saturated heterocycles. The molecule has 5 heteroatoms. The van der Waals surface area contributed by atoms with Crippen LogP contribution in [0.1, 0.15) is 12.2 Å². The molecule has 4 rings (SSSR count). The van der Waals surface area contributed by atoms with E-state index in [1.807, 2.05) is 24.3 Å². The van der Waals surface area contributed by atoms with E-state index in [0.29, 0.717) is 0 Å². The number of fused-ring (bicyclic) bond motifs is 1. The van der Waals surface area contributed by atoms with Gasteiger partial charge in [0.2, 0.25) is 0 Å². The van der Waals surface area contributed by atoms with Gasteiger partial charge in [-0.3, -0.25) is 0 Å². The minimum atomic E-state index is 0. The Morgan fingerprint density at radius 2 is 1.48 bits per heavy atom. The highest BCUT2D eigenvalue weighted by molar-refractivity contribution is 5.62. The third kappa shape index (κ3) is 2.72. The van der Waals surface area contributed by atoms with Crippen LogP contribution in [-0.4, -0.2) is 14.8 Å². The summed E-state index contributed by atoms with van der Waals surface area (Å²) < 4.78 is 4.52. The van der Waals surface area contributed by atoms with E-state index in [1.165, 1.54) is 5.82 Å². The average Bonchev–Trinajstić information content (AvgIpc) is 3.10. The summed E-state index contributed by atoms with van der Waals surface area (Å²) in [5.74, 6) is 1.81. The van der Waals surface area contributed by atoms with Gasteiger partial charge in [0.15, 0.2) is 5.69 Å². The summed E-state index contributed by atoms with van der Waals surface area (Å²) in [6.45, 7) is 1.03. The van der Waals surface area contributed by atoms with Crippen LogP contribution in [0, 0.1) is 0 Å². The van der Waals surface area contributed by atoms with E-state index in [1.54, 1.807) is 24.3 Å². The number of hydrogen-bond donors (Lipinski definition) is 2. The van der Waals surface area contributed by atoms with Crippen molar-refractivity contribution in [1.29, 1.82) is 0 Å². The largest absolute Gasteiger partial charge is 1.00 e. The topological polar surface area (TPSA) is 49.3 Å². The molecule has 0 saturated carbocycles. The molecule has 1 aliphatic heterocycles. The number of nitrogens with zero attached hydrogens (tertiary/aromatic N) is 2. The third-order valence-corrected chi connectivity index (χ3v) is 4.18. The molecular weight excluding hydrogens is 356 g/mol. The first-order valence-electron chi connectivity index (χ1n) is 7.45. The van der Waals surface area contributed by atoms with Crippen molar-refractivity contribution in [2.24, 2.45) is 0 Å². The maximum absolute atomic E-state index is 9.52. The molecule has 0 radical (unpaired) electrons. The van der Waals surface area contributed by atoms with Gasteiger partial charge < -0.3 is 27.2 Å². The van der Waals surface area contributed by atoms with Crippen LogP contribution in [0.2, 0.25) is 0 Å². The van der Waals surface area contributed by atoms with E-state index in [4.69, 9.17) is 0 Å². The highest BCUT2D eigenvalue weighted by Gasteiger charge is 2.29. The Balaban J connectivity index is 0.00000156. The SMILES string of the molecule is Oc1ccc(-c2c[n+]3c(n2-c2ccc(O)cc2)CCC3)cc1.[Br-]. The molecule has 2 heterocycles. The number of benzene rings is 2. The van der Waals surface area contributed by atoms with Gasteiger partial charge in [-0.1, -0.05) is 0 Å². The van der Waals surface area contributed by atoms with Crippen LogP contribution in [0.15, 0.2) is 54.7 Å². The van der Waals surface area contributed by atoms with E-state index in [2.05, 4.69) is 15.3 Å². The van der Waals surface area contributed by atoms with Gasteiger partial charge in [-0.15, -0.1) is 0 Å². The number of hydrogen-bond acceptors (Lipinski definition) is 2. The van der Waals surface area contributed by atoms with Crippen LogP contribution in [0.5, 0.6) is 11.5 Å². The van der Waals surface area contributed by atoms with Crippen molar-refractivity contribution < 1.29 is 31.8 Å². The smallest absolute Gasteiger partial charge is 0.262 e. The lowest BCUT2D eigenvalue weighted by atomic mass is 10.1. The summed E-state index contributed by atoms with van der Waals surface area (Å²) in [5.41, 5.74) is 3.20. The lowest BCUT2D eigenvalue weighted by Crippen LogP contribution is -3.00. The summed E-state index contributed by atoms with van der Waals surface area (Å²) in [6.07, 6.45) is 4.36. The second kappa shape index (κ2) is 6.08. The van der Waals surface area contributed by atoms with Gasteiger partial charge in [-0.2, -0.15) is 4.57 Å². The minimum Gasteiger partial charge on any atom is -1.00 e. The second-order valence-electron chi connectivity index (χ2n) is 5.63. The maximum atomic E-state index is 9.52. The van der Waals surface area contributed by atoms with E-state index in [-0.39, 0.29) is 28.5 Å². The molecule has 3 aromatic rings. The molecule has 0 amide bonds. The van der Waals surface area contributed by atoms with Gasteiger partial charge in [0.25, 0.3) is 5.82 Å². The summed E-state index contributed by atoms with van der Waals surface area (Å²) in [4.78, 5) is 0. The molecule has 1 aliphatic rings. The van der Waals surface area contributed by atoms with Crippen molar-refractivity contribution in [1.82, 2.24) is 4.57 Å². The Morgan fingerprint density at radius 3 is 2.13 bits per heavy atom. The highest BCUT2D eigenvalue weighted by atomic mass is 79.9. The number of imidazole rings is 1. The number of aromatic nitrogens is 2. The van der Waals surface area contributed by atoms with Gasteiger partial charge in [0, 0.05) is 5.56 Å². The molecule has 2 N–H and O–H groups in total. The van der Waals surface area contributed by atoms with Crippen LogP contribution in [-0.2, 0) is 13.0 Å². The molecule has 0 fully saturated rings. The van der Waals surface area contributed by atoms with Gasteiger partial charge in [-0.25, -0.2) is 4.57 Å². The zero-order valence-electron chi connectivity index (χ0n) is 12.5. The Bertz CT molecular complexity index is 823. The molecule has 0 bridgehead atoms. The van der Waals surface area contributed by atoms with Crippen molar-refractivity contribution in [3.63, 3.8) is 0 Å². The van der Waals surface area contributed by atoms with Crippen LogP contribution >= 0.6 is 0 Å². The summed E-state index contributed by atoms with van der Waals surface area (Å²) in [6, 6.07) is 14.5. The number of phenols is 2. The van der Waals surface area contributed by atoms with Crippen molar-refractivity contribution in [2.45, 2.75) is 19.4 Å². The first-order valence-corrected chi connectivity index (χ1v) is 7.45. The Kier molecular flexibility index (Phi) is 4.13. The predicted molar refractivity (Wildman–Crippen MR) is 83.1 cm³/mol. The quantitative estimate of drug-likeness (QED) is 0.611. The van der Waals surface area contributed by atoms with Crippen LogP contribution in [0.25, 0.3) is 16.9 Å². The fraction of sp³-hybridized carbons (Fsp3) is 0.167. The summed E-state index contributed by atoms with van der Waals surface area (Å²) in [5, 5.41) is 19.0. The van der Waals surface area contributed by atoms with E-state index < -0.39 is 0 Å². The van der Waals surface area contributed by atoms with E-state index >= 15 is 0 Å². The molecule has 1 aromatic heterocycles. The molecular formula is C18H17BrN2O2. The number of rotatable bonds is 2. The molecule has 23 heavy (non-hydrogen) atoms. The maximum Gasteiger partial charge on any atom is 0.262 e. The first-order chi connectivity index (χ1) is 10.7. The van der Waals surface area contributed by atoms with Crippen molar-refractivity contribution in [2.75, 3.05) is 0 Å². The number of aromatic hydroxyl groups is 2. The zero-order chi connectivity index (χ0) is 15.1. The molecule has 0 atom stereocenters. The number of phenolic OH excluding ortho intramolecular Hbond substituents is 2. The summed E-state index contributed by atoms with van der Waals surface area (Å²) >= 11 is 0. The fourth-order valence-electron chi connectivity index (χ4n) is 3.13. The third-order valence-electron chi connectivity index (χ3n) is 4.18. The standard InChI is InChI=1S/C18H16N2O2.BrH/c21-15-7-3-13(4-8-15)17-12-19-11-1-2-18(19)20(17)14-5-9-16(22)10-6-14;/h3-10,12H,1-2,11H2,(H-,21,22);1H. The molecule has 4 nitrogen and oxygen atoms in total. The van der Waals surface area contributed by atoms with E-state index in [0.717, 1.165) is 36.3 Å². The highest BCUT2D eigenvalue weighted by Crippen LogP contribution is 2.28. The van der Waals surface area contributed by atoms with Crippen LogP contribution < -0.4 is 21.5 Å². The molecule has 0 aliphatic carbocycles. The zero-order valence-corrected chi connectivity index (χ0v) is 14.1. The molecule has 0 spiro atoms. The lowest BCUT2D eigenvalue weighted by Gasteiger charge is -2.05.